The first kappa shape index (κ1) is 12.5. The molecule has 1 saturated heterocycles. The molecule has 0 saturated carbocycles. The molecule has 0 spiro atoms. The molecule has 1 unspecified atom stereocenters. The minimum atomic E-state index is 0.325. The third-order valence-corrected chi connectivity index (χ3v) is 4.59. The van der Waals surface area contributed by atoms with Crippen molar-refractivity contribution in [3.63, 3.8) is 0 Å². The zero-order chi connectivity index (χ0) is 13.1. The third-order valence-electron chi connectivity index (χ3n) is 3.53. The van der Waals surface area contributed by atoms with Crippen LogP contribution in [0, 0.1) is 0 Å². The topological polar surface area (TPSA) is 28.2 Å². The summed E-state index contributed by atoms with van der Waals surface area (Å²) >= 11 is 1.79. The molecule has 2 aromatic rings. The highest BCUT2D eigenvalue weighted by Crippen LogP contribution is 2.30. The molecule has 0 amide bonds. The first-order valence-corrected chi connectivity index (χ1v) is 7.72. The van der Waals surface area contributed by atoms with E-state index in [0.717, 1.165) is 24.6 Å². The van der Waals surface area contributed by atoms with Gasteiger partial charge in [0, 0.05) is 24.2 Å². The Morgan fingerprint density at radius 2 is 2.11 bits per heavy atom. The summed E-state index contributed by atoms with van der Waals surface area (Å²) in [6, 6.07) is 8.73. The maximum Gasteiger partial charge on any atom is 0.151 e. The van der Waals surface area contributed by atoms with Gasteiger partial charge in [-0.25, -0.2) is 4.98 Å². The van der Waals surface area contributed by atoms with E-state index >= 15 is 0 Å². The van der Waals surface area contributed by atoms with Crippen LogP contribution in [0.2, 0.25) is 0 Å². The largest absolute Gasteiger partial charge is 0.375 e. The van der Waals surface area contributed by atoms with Gasteiger partial charge in [0.15, 0.2) is 5.82 Å². The smallest absolute Gasteiger partial charge is 0.151 e. The predicted molar refractivity (Wildman–Crippen MR) is 82.0 cm³/mol. The molecular formula is C15H19N3S. The molecule has 0 aliphatic carbocycles. The predicted octanol–water partition coefficient (Wildman–Crippen LogP) is 3.92. The van der Waals surface area contributed by atoms with E-state index in [2.05, 4.69) is 45.7 Å². The van der Waals surface area contributed by atoms with E-state index in [4.69, 9.17) is 0 Å². The Hall–Kier alpha value is -1.55. The van der Waals surface area contributed by atoms with Crippen molar-refractivity contribution in [2.45, 2.75) is 25.8 Å². The molecule has 3 rings (SSSR count). The fourth-order valence-electron chi connectivity index (χ4n) is 2.53. The Bertz CT molecular complexity index is 518. The summed E-state index contributed by atoms with van der Waals surface area (Å²) in [6.07, 6.45) is 4.43. The van der Waals surface area contributed by atoms with Crippen LogP contribution in [0.3, 0.4) is 0 Å². The van der Waals surface area contributed by atoms with Gasteiger partial charge in [-0.2, -0.15) is 0 Å². The second-order valence-electron chi connectivity index (χ2n) is 4.95. The molecule has 0 radical (unpaired) electrons. The molecule has 1 fully saturated rings. The van der Waals surface area contributed by atoms with Crippen LogP contribution in [-0.4, -0.2) is 18.1 Å². The molecule has 1 aliphatic heterocycles. The van der Waals surface area contributed by atoms with Crippen molar-refractivity contribution in [3.05, 3.63) is 40.7 Å². The van der Waals surface area contributed by atoms with Crippen molar-refractivity contribution in [2.75, 3.05) is 23.3 Å². The first-order chi connectivity index (χ1) is 9.34. The number of thiophene rings is 1. The Kier molecular flexibility index (Phi) is 3.69. The summed E-state index contributed by atoms with van der Waals surface area (Å²) in [7, 11) is 0. The minimum absolute atomic E-state index is 0.325. The molecule has 1 N–H and O–H groups in total. The van der Waals surface area contributed by atoms with Gasteiger partial charge < -0.3 is 10.2 Å². The maximum absolute atomic E-state index is 4.56. The molecule has 4 heteroatoms. The maximum atomic E-state index is 4.56. The van der Waals surface area contributed by atoms with E-state index < -0.39 is 0 Å². The lowest BCUT2D eigenvalue weighted by Crippen LogP contribution is -2.21. The summed E-state index contributed by atoms with van der Waals surface area (Å²) in [4.78, 5) is 8.30. The second-order valence-corrected chi connectivity index (χ2v) is 5.93. The van der Waals surface area contributed by atoms with E-state index in [1.807, 2.05) is 12.3 Å². The van der Waals surface area contributed by atoms with Gasteiger partial charge in [-0.1, -0.05) is 6.07 Å². The zero-order valence-electron chi connectivity index (χ0n) is 11.2. The quantitative estimate of drug-likeness (QED) is 0.915. The highest BCUT2D eigenvalue weighted by Gasteiger charge is 2.18. The number of pyridine rings is 1. The highest BCUT2D eigenvalue weighted by atomic mass is 32.1. The molecule has 3 nitrogen and oxygen atoms in total. The van der Waals surface area contributed by atoms with Crippen LogP contribution in [0.25, 0.3) is 0 Å². The Balaban J connectivity index is 1.80. The van der Waals surface area contributed by atoms with Gasteiger partial charge in [-0.3, -0.25) is 0 Å². The molecular weight excluding hydrogens is 254 g/mol. The monoisotopic (exact) mass is 273 g/mol. The number of rotatable bonds is 4. The summed E-state index contributed by atoms with van der Waals surface area (Å²) in [5, 5.41) is 5.72. The second kappa shape index (κ2) is 5.61. The Morgan fingerprint density at radius 1 is 1.26 bits per heavy atom. The van der Waals surface area contributed by atoms with E-state index in [1.165, 1.54) is 17.7 Å². The molecule has 2 aromatic heterocycles. The number of nitrogens with zero attached hydrogens (tertiary/aromatic N) is 2. The molecule has 0 bridgehead atoms. The molecule has 1 aliphatic rings. The van der Waals surface area contributed by atoms with Crippen LogP contribution < -0.4 is 10.2 Å². The zero-order valence-corrected chi connectivity index (χ0v) is 12.0. The molecule has 3 heterocycles. The van der Waals surface area contributed by atoms with Gasteiger partial charge in [0.25, 0.3) is 0 Å². The van der Waals surface area contributed by atoms with Crippen molar-refractivity contribution in [1.29, 1.82) is 0 Å². The number of hydrogen-bond donors (Lipinski definition) is 1. The summed E-state index contributed by atoms with van der Waals surface area (Å²) < 4.78 is 0. The molecule has 19 heavy (non-hydrogen) atoms. The van der Waals surface area contributed by atoms with Gasteiger partial charge in [0.1, 0.15) is 0 Å². The number of anilines is 2. The van der Waals surface area contributed by atoms with Crippen molar-refractivity contribution < 1.29 is 0 Å². The summed E-state index contributed by atoms with van der Waals surface area (Å²) in [6.45, 7) is 4.45. The fourth-order valence-corrected chi connectivity index (χ4v) is 3.27. The van der Waals surface area contributed by atoms with Crippen molar-refractivity contribution in [1.82, 2.24) is 4.98 Å². The van der Waals surface area contributed by atoms with Gasteiger partial charge in [0.2, 0.25) is 0 Å². The van der Waals surface area contributed by atoms with Crippen LogP contribution in [0.1, 0.15) is 30.7 Å². The average molecular weight is 273 g/mol. The Morgan fingerprint density at radius 3 is 2.84 bits per heavy atom. The average Bonchev–Trinajstić information content (AvgIpc) is 3.13. The van der Waals surface area contributed by atoms with Crippen LogP contribution in [0.15, 0.2) is 35.8 Å². The summed E-state index contributed by atoms with van der Waals surface area (Å²) in [5.41, 5.74) is 1.14. The van der Waals surface area contributed by atoms with Gasteiger partial charge in [-0.05, 0) is 43.3 Å². The number of nitrogens with one attached hydrogen (secondary N) is 1. The van der Waals surface area contributed by atoms with Crippen LogP contribution >= 0.6 is 11.3 Å². The van der Waals surface area contributed by atoms with Gasteiger partial charge in [-0.15, -0.1) is 11.3 Å². The Labute approximate surface area is 118 Å². The first-order valence-electron chi connectivity index (χ1n) is 6.84. The van der Waals surface area contributed by atoms with Gasteiger partial charge in [0.05, 0.1) is 11.7 Å². The number of hydrogen-bond acceptors (Lipinski definition) is 4. The number of aromatic nitrogens is 1. The minimum Gasteiger partial charge on any atom is -0.375 e. The SMILES string of the molecule is CC(Nc1cccnc1N1CCCC1)c1cccs1. The normalized spacial score (nSPS) is 16.6. The summed E-state index contributed by atoms with van der Waals surface area (Å²) in [5.74, 6) is 1.10. The molecule has 100 valence electrons. The van der Waals surface area contributed by atoms with E-state index in [9.17, 15) is 0 Å². The molecule has 0 aromatic carbocycles. The lowest BCUT2D eigenvalue weighted by atomic mass is 10.2. The van der Waals surface area contributed by atoms with Crippen molar-refractivity contribution in [2.24, 2.45) is 0 Å². The highest BCUT2D eigenvalue weighted by molar-refractivity contribution is 7.10. The van der Waals surface area contributed by atoms with E-state index in [0.29, 0.717) is 6.04 Å². The van der Waals surface area contributed by atoms with Gasteiger partial charge >= 0.3 is 0 Å². The van der Waals surface area contributed by atoms with Crippen molar-refractivity contribution in [3.8, 4) is 0 Å². The third kappa shape index (κ3) is 2.73. The lowest BCUT2D eigenvalue weighted by Gasteiger charge is -2.22. The lowest BCUT2D eigenvalue weighted by molar-refractivity contribution is 0.888. The van der Waals surface area contributed by atoms with Crippen LogP contribution in [0.4, 0.5) is 11.5 Å². The molecule has 1 atom stereocenters. The van der Waals surface area contributed by atoms with E-state index in [-0.39, 0.29) is 0 Å². The fraction of sp³-hybridized carbons (Fsp3) is 0.400. The standard InChI is InChI=1S/C15H19N3S/c1-12(14-7-5-11-19-14)17-13-6-4-8-16-15(13)18-9-2-3-10-18/h4-8,11-12,17H,2-3,9-10H2,1H3. The van der Waals surface area contributed by atoms with Crippen LogP contribution in [0.5, 0.6) is 0 Å². The van der Waals surface area contributed by atoms with Crippen molar-refractivity contribution >= 4 is 22.8 Å². The van der Waals surface area contributed by atoms with Crippen LogP contribution in [-0.2, 0) is 0 Å². The van der Waals surface area contributed by atoms with E-state index in [1.54, 1.807) is 11.3 Å².